The summed E-state index contributed by atoms with van der Waals surface area (Å²) in [5.74, 6) is 1.67. The molecule has 2 N–H and O–H groups in total. The number of aromatic nitrogens is 2. The van der Waals surface area contributed by atoms with E-state index in [0.717, 1.165) is 28.0 Å². The molecule has 0 unspecified atom stereocenters. The smallest absolute Gasteiger partial charge is 0.228 e. The van der Waals surface area contributed by atoms with Crippen LogP contribution in [0.3, 0.4) is 0 Å². The van der Waals surface area contributed by atoms with E-state index in [2.05, 4.69) is 24.3 Å². The number of carbonyl (C=O) groups is 1. The molecular formula is C23H28ClN3O3. The second-order valence-corrected chi connectivity index (χ2v) is 9.05. The van der Waals surface area contributed by atoms with Gasteiger partial charge < -0.3 is 14.8 Å². The number of fused-ring (bicyclic) bond motifs is 1. The monoisotopic (exact) mass is 429 g/mol. The fourth-order valence-corrected chi connectivity index (χ4v) is 4.32. The zero-order valence-corrected chi connectivity index (χ0v) is 18.4. The van der Waals surface area contributed by atoms with Gasteiger partial charge in [0, 0.05) is 39.6 Å². The molecule has 0 radical (unpaired) electrons. The summed E-state index contributed by atoms with van der Waals surface area (Å²) in [4.78, 5) is 12.6. The summed E-state index contributed by atoms with van der Waals surface area (Å²) < 4.78 is 7.95. The number of aliphatic hydroxyl groups excluding tert-OH is 1. The number of anilines is 1. The van der Waals surface area contributed by atoms with Crippen molar-refractivity contribution in [2.75, 3.05) is 5.32 Å². The number of nitrogens with one attached hydrogen (secondary N) is 1. The minimum Gasteiger partial charge on any atom is -0.460 e. The molecule has 160 valence electrons. The summed E-state index contributed by atoms with van der Waals surface area (Å²) in [6.07, 6.45) is 2.51. The van der Waals surface area contributed by atoms with Crippen molar-refractivity contribution < 1.29 is 14.3 Å². The quantitative estimate of drug-likeness (QED) is 0.580. The SMILES string of the molecule is Cc1cc(NC(=O)[C@H]2CC[C@@H](O)CC2)nn1Cc1cc(Cl)cc2cc(C(C)C)oc12. The van der Waals surface area contributed by atoms with Crippen molar-refractivity contribution >= 4 is 34.3 Å². The average molecular weight is 430 g/mol. The van der Waals surface area contributed by atoms with Gasteiger partial charge in [0.15, 0.2) is 5.82 Å². The van der Waals surface area contributed by atoms with E-state index in [1.807, 2.05) is 35.9 Å². The highest BCUT2D eigenvalue weighted by Gasteiger charge is 2.25. The topological polar surface area (TPSA) is 80.3 Å². The number of benzene rings is 1. The molecule has 0 aliphatic heterocycles. The molecule has 1 aliphatic rings. The zero-order valence-electron chi connectivity index (χ0n) is 17.6. The predicted octanol–water partition coefficient (Wildman–Crippen LogP) is 5.25. The van der Waals surface area contributed by atoms with Gasteiger partial charge >= 0.3 is 0 Å². The maximum Gasteiger partial charge on any atom is 0.228 e. The molecule has 0 saturated heterocycles. The molecule has 4 rings (SSSR count). The van der Waals surface area contributed by atoms with E-state index in [1.54, 1.807) is 0 Å². The van der Waals surface area contributed by atoms with E-state index >= 15 is 0 Å². The highest BCUT2D eigenvalue weighted by Crippen LogP contribution is 2.31. The number of furan rings is 1. The molecule has 6 nitrogen and oxygen atoms in total. The zero-order chi connectivity index (χ0) is 21.4. The molecule has 2 aromatic heterocycles. The van der Waals surface area contributed by atoms with Crippen molar-refractivity contribution in [1.82, 2.24) is 9.78 Å². The molecule has 0 spiro atoms. The van der Waals surface area contributed by atoms with Gasteiger partial charge in [0.05, 0.1) is 12.6 Å². The van der Waals surface area contributed by atoms with Crippen LogP contribution in [-0.4, -0.2) is 26.9 Å². The van der Waals surface area contributed by atoms with Crippen LogP contribution in [-0.2, 0) is 11.3 Å². The first-order valence-corrected chi connectivity index (χ1v) is 10.9. The first kappa shape index (κ1) is 20.9. The Balaban J connectivity index is 1.53. The van der Waals surface area contributed by atoms with Crippen molar-refractivity contribution in [2.24, 2.45) is 5.92 Å². The van der Waals surface area contributed by atoms with Crippen molar-refractivity contribution in [3.05, 3.63) is 46.3 Å². The minimum absolute atomic E-state index is 0.0238. The first-order chi connectivity index (χ1) is 14.3. The lowest BCUT2D eigenvalue weighted by Gasteiger charge is -2.24. The lowest BCUT2D eigenvalue weighted by molar-refractivity contribution is -0.121. The van der Waals surface area contributed by atoms with Gasteiger partial charge in [-0.25, -0.2) is 0 Å². The van der Waals surface area contributed by atoms with Crippen molar-refractivity contribution in [3.8, 4) is 0 Å². The van der Waals surface area contributed by atoms with E-state index in [9.17, 15) is 9.90 Å². The standard InChI is InChI=1S/C23H28ClN3O3/c1-13(2)20-11-16-9-18(24)10-17(22(16)30-20)12-27-14(3)8-21(26-27)25-23(29)15-4-6-19(28)7-5-15/h8-11,13,15,19,28H,4-7,12H2,1-3H3,(H,25,26,29)/t15-,19+. The van der Waals surface area contributed by atoms with Gasteiger partial charge in [0.25, 0.3) is 0 Å². The van der Waals surface area contributed by atoms with Crippen LogP contribution < -0.4 is 5.32 Å². The third-order valence-electron chi connectivity index (χ3n) is 5.87. The maximum atomic E-state index is 12.6. The predicted molar refractivity (Wildman–Crippen MR) is 118 cm³/mol. The fraction of sp³-hybridized carbons (Fsp3) is 0.478. The fourth-order valence-electron chi connectivity index (χ4n) is 4.07. The van der Waals surface area contributed by atoms with Gasteiger partial charge in [0.2, 0.25) is 5.91 Å². The third-order valence-corrected chi connectivity index (χ3v) is 6.08. The molecule has 1 saturated carbocycles. The van der Waals surface area contributed by atoms with Gasteiger partial charge in [-0.3, -0.25) is 9.48 Å². The molecule has 1 aliphatic carbocycles. The molecule has 1 fully saturated rings. The third kappa shape index (κ3) is 4.40. The second-order valence-electron chi connectivity index (χ2n) is 8.61. The average Bonchev–Trinajstić information content (AvgIpc) is 3.26. The number of nitrogens with zero attached hydrogens (tertiary/aromatic N) is 2. The molecule has 1 aromatic carbocycles. The normalized spacial score (nSPS) is 19.5. The molecule has 30 heavy (non-hydrogen) atoms. The van der Waals surface area contributed by atoms with Crippen LogP contribution in [0.4, 0.5) is 5.82 Å². The molecule has 1 amide bonds. The number of hydrogen-bond donors (Lipinski definition) is 2. The molecule has 2 heterocycles. The second kappa shape index (κ2) is 8.44. The van der Waals surface area contributed by atoms with Crippen LogP contribution in [0.15, 0.2) is 28.7 Å². The highest BCUT2D eigenvalue weighted by atomic mass is 35.5. The summed E-state index contributed by atoms with van der Waals surface area (Å²) >= 11 is 6.34. The number of aliphatic hydroxyl groups is 1. The highest BCUT2D eigenvalue weighted by molar-refractivity contribution is 6.31. The number of rotatable bonds is 5. The van der Waals surface area contributed by atoms with Crippen LogP contribution in [0.1, 0.15) is 62.5 Å². The van der Waals surface area contributed by atoms with Crippen LogP contribution in [0.5, 0.6) is 0 Å². The Morgan fingerprint density at radius 1 is 1.27 bits per heavy atom. The van der Waals surface area contributed by atoms with E-state index in [0.29, 0.717) is 43.1 Å². The molecule has 0 atom stereocenters. The summed E-state index contributed by atoms with van der Waals surface area (Å²) in [5, 5.41) is 18.8. The van der Waals surface area contributed by atoms with Crippen molar-refractivity contribution in [2.45, 2.75) is 65.0 Å². The number of hydrogen-bond acceptors (Lipinski definition) is 4. The van der Waals surface area contributed by atoms with Crippen molar-refractivity contribution in [3.63, 3.8) is 0 Å². The van der Waals surface area contributed by atoms with E-state index in [1.165, 1.54) is 0 Å². The largest absolute Gasteiger partial charge is 0.460 e. The van der Waals surface area contributed by atoms with Crippen molar-refractivity contribution in [1.29, 1.82) is 0 Å². The maximum absolute atomic E-state index is 12.6. The Morgan fingerprint density at radius 2 is 2.00 bits per heavy atom. The molecular weight excluding hydrogens is 402 g/mol. The minimum atomic E-state index is -0.275. The van der Waals surface area contributed by atoms with Crippen LogP contribution in [0.2, 0.25) is 5.02 Å². The Kier molecular flexibility index (Phi) is 5.89. The summed E-state index contributed by atoms with van der Waals surface area (Å²) in [5.41, 5.74) is 2.72. The first-order valence-electron chi connectivity index (χ1n) is 10.6. The number of halogens is 1. The Morgan fingerprint density at radius 3 is 2.70 bits per heavy atom. The summed E-state index contributed by atoms with van der Waals surface area (Å²) in [6.45, 7) is 6.65. The van der Waals surface area contributed by atoms with E-state index in [4.69, 9.17) is 16.0 Å². The van der Waals surface area contributed by atoms with E-state index < -0.39 is 0 Å². The number of carbonyl (C=O) groups excluding carboxylic acids is 1. The van der Waals surface area contributed by atoms with Gasteiger partial charge in [-0.15, -0.1) is 0 Å². The Bertz CT molecular complexity index is 1060. The van der Waals surface area contributed by atoms with Gasteiger partial charge in [-0.1, -0.05) is 25.4 Å². The Hall–Kier alpha value is -2.31. The molecule has 0 bridgehead atoms. The van der Waals surface area contributed by atoms with Gasteiger partial charge in [-0.2, -0.15) is 5.10 Å². The molecule has 7 heteroatoms. The number of amides is 1. The lowest BCUT2D eigenvalue weighted by Crippen LogP contribution is -2.28. The van der Waals surface area contributed by atoms with Gasteiger partial charge in [-0.05, 0) is 50.8 Å². The summed E-state index contributed by atoms with van der Waals surface area (Å²) in [6, 6.07) is 7.74. The van der Waals surface area contributed by atoms with Crippen LogP contribution in [0, 0.1) is 12.8 Å². The Labute approximate surface area is 181 Å². The lowest BCUT2D eigenvalue weighted by atomic mass is 9.87. The van der Waals surface area contributed by atoms with Gasteiger partial charge in [0.1, 0.15) is 11.3 Å². The number of aryl methyl sites for hydroxylation is 1. The van der Waals surface area contributed by atoms with Crippen LogP contribution >= 0.6 is 11.6 Å². The van der Waals surface area contributed by atoms with E-state index in [-0.39, 0.29) is 23.8 Å². The molecule has 3 aromatic rings. The van der Waals surface area contributed by atoms with Crippen LogP contribution in [0.25, 0.3) is 11.0 Å². The summed E-state index contributed by atoms with van der Waals surface area (Å²) in [7, 11) is 0.